The van der Waals surface area contributed by atoms with E-state index in [-0.39, 0.29) is 22.7 Å². The van der Waals surface area contributed by atoms with Gasteiger partial charge in [-0.05, 0) is 86.3 Å². The molecule has 3 aromatic carbocycles. The molecular formula is C26H25N3O5S. The Morgan fingerprint density at radius 1 is 1.09 bits per heavy atom. The summed E-state index contributed by atoms with van der Waals surface area (Å²) in [5.41, 5.74) is 4.02. The van der Waals surface area contributed by atoms with E-state index in [1.165, 1.54) is 24.3 Å². The number of carbonyl (C=O) groups is 1. The third-order valence-corrected chi connectivity index (χ3v) is 7.32. The van der Waals surface area contributed by atoms with E-state index in [9.17, 15) is 13.2 Å². The smallest absolute Gasteiger partial charge is 0.339 e. The van der Waals surface area contributed by atoms with Crippen molar-refractivity contribution in [3.63, 3.8) is 0 Å². The molecule has 1 atom stereocenters. The van der Waals surface area contributed by atoms with E-state index < -0.39 is 10.1 Å². The lowest BCUT2D eigenvalue weighted by Crippen LogP contribution is -2.13. The van der Waals surface area contributed by atoms with Crippen LogP contribution < -0.4 is 9.50 Å². The zero-order valence-electron chi connectivity index (χ0n) is 19.4. The lowest BCUT2D eigenvalue weighted by Gasteiger charge is -2.11. The van der Waals surface area contributed by atoms with Crippen molar-refractivity contribution in [2.45, 2.75) is 37.7 Å². The van der Waals surface area contributed by atoms with Crippen molar-refractivity contribution in [3.8, 4) is 5.75 Å². The van der Waals surface area contributed by atoms with Crippen molar-refractivity contribution in [1.29, 1.82) is 0 Å². The van der Waals surface area contributed by atoms with Crippen LogP contribution in [0.2, 0.25) is 0 Å². The number of imidazole rings is 1. The summed E-state index contributed by atoms with van der Waals surface area (Å²) >= 11 is 0. The molecule has 1 aliphatic rings. The Hall–Kier alpha value is -3.69. The number of benzene rings is 3. The van der Waals surface area contributed by atoms with Crippen LogP contribution in [0.15, 0.2) is 65.6 Å². The summed E-state index contributed by atoms with van der Waals surface area (Å²) in [4.78, 5) is 20.7. The summed E-state index contributed by atoms with van der Waals surface area (Å²) in [6.07, 6.45) is 1.94. The first-order valence-electron chi connectivity index (χ1n) is 11.3. The zero-order valence-corrected chi connectivity index (χ0v) is 20.2. The topological polar surface area (TPSA) is 110 Å². The number of amides is 1. The summed E-state index contributed by atoms with van der Waals surface area (Å²) in [6.45, 7) is 4.27. The molecule has 1 amide bonds. The van der Waals surface area contributed by atoms with E-state index in [1.807, 2.05) is 25.1 Å². The lowest BCUT2D eigenvalue weighted by molar-refractivity contribution is 0.102. The number of fused-ring (bicyclic) bond motifs is 1. The highest BCUT2D eigenvalue weighted by Crippen LogP contribution is 2.29. The highest BCUT2D eigenvalue weighted by molar-refractivity contribution is 7.87. The number of hydrogen-bond donors (Lipinski definition) is 2. The van der Waals surface area contributed by atoms with Gasteiger partial charge in [0.25, 0.3) is 5.91 Å². The van der Waals surface area contributed by atoms with Crippen molar-refractivity contribution in [2.75, 3.05) is 11.9 Å². The molecule has 1 saturated heterocycles. The van der Waals surface area contributed by atoms with Gasteiger partial charge >= 0.3 is 10.1 Å². The first-order chi connectivity index (χ1) is 16.8. The van der Waals surface area contributed by atoms with Crippen molar-refractivity contribution in [3.05, 3.63) is 83.2 Å². The molecule has 0 radical (unpaired) electrons. The van der Waals surface area contributed by atoms with Gasteiger partial charge in [0.2, 0.25) is 0 Å². The number of aryl methyl sites for hydroxylation is 2. The number of nitrogens with one attached hydrogen (secondary N) is 2. The third kappa shape index (κ3) is 4.91. The van der Waals surface area contributed by atoms with E-state index in [4.69, 9.17) is 8.92 Å². The Kier molecular flexibility index (Phi) is 6.04. The number of carbonyl (C=O) groups excluding carboxylic acids is 1. The molecule has 180 valence electrons. The number of ether oxygens (including phenoxy) is 1. The van der Waals surface area contributed by atoms with Gasteiger partial charge in [0.1, 0.15) is 22.6 Å². The molecule has 1 aliphatic heterocycles. The Balaban J connectivity index is 1.28. The number of anilines is 1. The quantitative estimate of drug-likeness (QED) is 0.365. The molecule has 9 heteroatoms. The Morgan fingerprint density at radius 2 is 1.89 bits per heavy atom. The molecule has 1 fully saturated rings. The van der Waals surface area contributed by atoms with E-state index in [1.54, 1.807) is 25.1 Å². The summed E-state index contributed by atoms with van der Waals surface area (Å²) in [7, 11) is -3.99. The molecule has 2 N–H and O–H groups in total. The molecule has 35 heavy (non-hydrogen) atoms. The average Bonchev–Trinajstić information content (AvgIpc) is 3.50. The average molecular weight is 492 g/mol. The van der Waals surface area contributed by atoms with E-state index >= 15 is 0 Å². The molecule has 0 bridgehead atoms. The normalized spacial score (nSPS) is 15.9. The van der Waals surface area contributed by atoms with E-state index in [0.717, 1.165) is 41.9 Å². The lowest BCUT2D eigenvalue weighted by atomic mass is 10.2. The first kappa shape index (κ1) is 23.1. The SMILES string of the molecule is Cc1ccc(C)c(S(=O)(=O)Oc2ccc(C(=O)Nc3ccc4nc(C5CCCO5)[nH]c4c3)cc2)c1. The third-order valence-electron chi connectivity index (χ3n) is 5.93. The Labute approximate surface area is 203 Å². The van der Waals surface area contributed by atoms with Gasteiger partial charge in [-0.25, -0.2) is 4.98 Å². The van der Waals surface area contributed by atoms with Gasteiger partial charge in [0, 0.05) is 17.9 Å². The maximum absolute atomic E-state index is 12.7. The van der Waals surface area contributed by atoms with Crippen LogP contribution in [0.25, 0.3) is 11.0 Å². The van der Waals surface area contributed by atoms with E-state index in [2.05, 4.69) is 15.3 Å². The number of H-pyrrole nitrogens is 1. The van der Waals surface area contributed by atoms with Crippen LogP contribution in [0.1, 0.15) is 46.3 Å². The van der Waals surface area contributed by atoms with Gasteiger partial charge in [-0.3, -0.25) is 4.79 Å². The zero-order chi connectivity index (χ0) is 24.6. The van der Waals surface area contributed by atoms with Gasteiger partial charge in [0.15, 0.2) is 0 Å². The van der Waals surface area contributed by atoms with Crippen LogP contribution in [-0.4, -0.2) is 30.9 Å². The van der Waals surface area contributed by atoms with Crippen molar-refractivity contribution < 1.29 is 22.1 Å². The second-order valence-electron chi connectivity index (χ2n) is 8.64. The fourth-order valence-corrected chi connectivity index (χ4v) is 5.31. The minimum absolute atomic E-state index is 0.0141. The summed E-state index contributed by atoms with van der Waals surface area (Å²) in [5.74, 6) is 0.600. The van der Waals surface area contributed by atoms with Crippen molar-refractivity contribution >= 4 is 32.7 Å². The predicted octanol–water partition coefficient (Wildman–Crippen LogP) is 5.05. The largest absolute Gasteiger partial charge is 0.379 e. The summed E-state index contributed by atoms with van der Waals surface area (Å²) < 4.78 is 36.4. The highest BCUT2D eigenvalue weighted by atomic mass is 32.2. The van der Waals surface area contributed by atoms with E-state index in [0.29, 0.717) is 16.8 Å². The molecule has 1 aromatic heterocycles. The molecule has 0 spiro atoms. The second kappa shape index (κ2) is 9.16. The van der Waals surface area contributed by atoms with Gasteiger partial charge in [-0.15, -0.1) is 0 Å². The Bertz CT molecular complexity index is 1500. The van der Waals surface area contributed by atoms with Gasteiger partial charge in [0.05, 0.1) is 11.0 Å². The molecule has 5 rings (SSSR count). The molecule has 4 aromatic rings. The second-order valence-corrected chi connectivity index (χ2v) is 10.2. The maximum atomic E-state index is 12.7. The van der Waals surface area contributed by atoms with Crippen LogP contribution in [0.4, 0.5) is 5.69 Å². The van der Waals surface area contributed by atoms with Gasteiger partial charge in [-0.2, -0.15) is 8.42 Å². The number of rotatable bonds is 6. The predicted molar refractivity (Wildman–Crippen MR) is 132 cm³/mol. The monoisotopic (exact) mass is 491 g/mol. The van der Waals surface area contributed by atoms with Gasteiger partial charge in [-0.1, -0.05) is 12.1 Å². The minimum atomic E-state index is -3.99. The van der Waals surface area contributed by atoms with Crippen molar-refractivity contribution in [2.24, 2.45) is 0 Å². The molecule has 2 heterocycles. The number of hydrogen-bond acceptors (Lipinski definition) is 6. The number of aromatic amines is 1. The van der Waals surface area contributed by atoms with Crippen LogP contribution >= 0.6 is 0 Å². The summed E-state index contributed by atoms with van der Waals surface area (Å²) in [6, 6.07) is 16.6. The van der Waals surface area contributed by atoms with Crippen LogP contribution in [0.5, 0.6) is 5.75 Å². The fraction of sp³-hybridized carbons (Fsp3) is 0.231. The van der Waals surface area contributed by atoms with Crippen LogP contribution in [0.3, 0.4) is 0 Å². The minimum Gasteiger partial charge on any atom is -0.379 e. The fourth-order valence-electron chi connectivity index (χ4n) is 4.07. The molecule has 0 aliphatic carbocycles. The maximum Gasteiger partial charge on any atom is 0.339 e. The van der Waals surface area contributed by atoms with Crippen LogP contribution in [0, 0.1) is 13.8 Å². The highest BCUT2D eigenvalue weighted by Gasteiger charge is 2.22. The number of nitrogens with zero attached hydrogens (tertiary/aromatic N) is 1. The standard InChI is InChI=1S/C26H25N3O5S/c1-16-5-6-17(2)24(14-16)35(31,32)34-20-10-7-18(8-11-20)26(30)27-19-9-12-21-22(15-19)29-25(28-21)23-4-3-13-33-23/h5-12,14-15,23H,3-4,13H2,1-2H3,(H,27,30)(H,28,29). The molecule has 8 nitrogen and oxygen atoms in total. The van der Waals surface area contributed by atoms with Crippen molar-refractivity contribution in [1.82, 2.24) is 9.97 Å². The number of aromatic nitrogens is 2. The first-order valence-corrected chi connectivity index (χ1v) is 12.7. The Morgan fingerprint density at radius 3 is 2.63 bits per heavy atom. The van der Waals surface area contributed by atoms with Gasteiger partial charge < -0.3 is 19.2 Å². The van der Waals surface area contributed by atoms with Crippen LogP contribution in [-0.2, 0) is 14.9 Å². The molecule has 0 saturated carbocycles. The molecule has 1 unspecified atom stereocenters. The summed E-state index contributed by atoms with van der Waals surface area (Å²) in [5, 5.41) is 2.86. The molecular weight excluding hydrogens is 466 g/mol.